The molecule has 78 valence electrons. The third kappa shape index (κ3) is 3.00. The van der Waals surface area contributed by atoms with Gasteiger partial charge in [0.15, 0.2) is 6.29 Å². The highest BCUT2D eigenvalue weighted by Gasteiger charge is 2.32. The van der Waals surface area contributed by atoms with E-state index in [1.54, 1.807) is 0 Å². The fraction of sp³-hybridized carbons (Fsp3) is 0.100. The molecule has 0 aromatic heterocycles. The fourth-order valence-corrected chi connectivity index (χ4v) is 1.15. The van der Waals surface area contributed by atoms with Crippen molar-refractivity contribution >= 4 is 17.9 Å². The number of hydrogen-bond donors (Lipinski definition) is 0. The van der Waals surface area contributed by atoms with E-state index >= 15 is 0 Å². The zero-order valence-corrected chi connectivity index (χ0v) is 7.99. The summed E-state index contributed by atoms with van der Waals surface area (Å²) in [5.74, 6) is 4.00. The Kier molecular flexibility index (Phi) is 3.38. The van der Waals surface area contributed by atoms with Gasteiger partial charge in [-0.15, -0.1) is 0 Å². The van der Waals surface area contributed by atoms with Gasteiger partial charge in [0.2, 0.25) is 0 Å². The van der Waals surface area contributed by atoms with Crippen LogP contribution in [0.25, 0.3) is 0 Å². The van der Waals surface area contributed by atoms with Crippen molar-refractivity contribution in [1.82, 2.24) is 0 Å². The van der Waals surface area contributed by atoms with Crippen molar-refractivity contribution in [3.05, 3.63) is 34.3 Å². The molecule has 0 unspecified atom stereocenters. The lowest BCUT2D eigenvalue weighted by atomic mass is 10.1. The van der Waals surface area contributed by atoms with E-state index in [1.165, 1.54) is 0 Å². The van der Waals surface area contributed by atoms with Crippen molar-refractivity contribution in [3.63, 3.8) is 0 Å². The summed E-state index contributed by atoms with van der Waals surface area (Å²) in [5, 5.41) is 0.137. The van der Waals surface area contributed by atoms with Gasteiger partial charge in [-0.1, -0.05) is 17.5 Å². The molecule has 0 fully saturated rings. The zero-order valence-electron chi connectivity index (χ0n) is 7.23. The summed E-state index contributed by atoms with van der Waals surface area (Å²) in [4.78, 5) is 9.94. The Labute approximate surface area is 88.9 Å². The minimum absolute atomic E-state index is 0.137. The van der Waals surface area contributed by atoms with Crippen LogP contribution in [0.4, 0.5) is 13.2 Å². The van der Waals surface area contributed by atoms with Crippen molar-refractivity contribution in [2.75, 3.05) is 0 Å². The van der Waals surface area contributed by atoms with E-state index in [9.17, 15) is 18.0 Å². The van der Waals surface area contributed by atoms with E-state index in [1.807, 2.05) is 5.92 Å². The van der Waals surface area contributed by atoms with E-state index in [-0.39, 0.29) is 16.9 Å². The number of aldehydes is 1. The van der Waals surface area contributed by atoms with Gasteiger partial charge < -0.3 is 0 Å². The van der Waals surface area contributed by atoms with Gasteiger partial charge in [0, 0.05) is 10.6 Å². The van der Waals surface area contributed by atoms with Gasteiger partial charge in [0.05, 0.1) is 5.56 Å². The molecule has 0 N–H and O–H groups in total. The fourth-order valence-electron chi connectivity index (χ4n) is 0.974. The maximum Gasteiger partial charge on any atom is 0.417 e. The van der Waals surface area contributed by atoms with Crippen LogP contribution in [0.1, 0.15) is 11.1 Å². The first-order valence-electron chi connectivity index (χ1n) is 3.77. The Morgan fingerprint density at radius 1 is 1.33 bits per heavy atom. The first kappa shape index (κ1) is 11.6. The Hall–Kier alpha value is -1.47. The van der Waals surface area contributed by atoms with E-state index in [2.05, 4.69) is 5.92 Å². The highest BCUT2D eigenvalue weighted by Crippen LogP contribution is 2.32. The summed E-state index contributed by atoms with van der Waals surface area (Å²) in [7, 11) is 0. The molecule has 0 amide bonds. The number of benzene rings is 1. The summed E-state index contributed by atoms with van der Waals surface area (Å²) >= 11 is 5.52. The predicted molar refractivity (Wildman–Crippen MR) is 49.4 cm³/mol. The summed E-state index contributed by atoms with van der Waals surface area (Å²) in [5.41, 5.74) is -1.21. The van der Waals surface area contributed by atoms with Crippen LogP contribution in [0, 0.1) is 11.8 Å². The van der Waals surface area contributed by atoms with Gasteiger partial charge in [-0.25, -0.2) is 0 Å². The van der Waals surface area contributed by atoms with Crippen LogP contribution in [0.15, 0.2) is 18.2 Å². The Morgan fingerprint density at radius 2 is 2.00 bits per heavy atom. The molecule has 1 rings (SSSR count). The Bertz CT molecular complexity index is 440. The van der Waals surface area contributed by atoms with Crippen molar-refractivity contribution in [3.8, 4) is 11.8 Å². The van der Waals surface area contributed by atoms with Gasteiger partial charge in [-0.05, 0) is 24.1 Å². The Balaban J connectivity index is 3.33. The molecule has 0 radical (unpaired) electrons. The number of carbonyl (C=O) groups is 1. The smallest absolute Gasteiger partial charge is 0.289 e. The van der Waals surface area contributed by atoms with E-state index in [4.69, 9.17) is 11.6 Å². The number of alkyl halides is 3. The predicted octanol–water partition coefficient (Wildman–Crippen LogP) is 2.91. The van der Waals surface area contributed by atoms with E-state index in [0.717, 1.165) is 18.2 Å². The second kappa shape index (κ2) is 4.37. The van der Waals surface area contributed by atoms with Crippen LogP contribution >= 0.6 is 11.6 Å². The summed E-state index contributed by atoms with van der Waals surface area (Å²) < 4.78 is 37.2. The molecule has 1 aromatic carbocycles. The molecule has 0 saturated carbocycles. The molecule has 0 aliphatic carbocycles. The van der Waals surface area contributed by atoms with E-state index in [0.29, 0.717) is 0 Å². The van der Waals surface area contributed by atoms with Crippen molar-refractivity contribution in [1.29, 1.82) is 0 Å². The zero-order chi connectivity index (χ0) is 11.5. The van der Waals surface area contributed by atoms with Crippen LogP contribution in [-0.4, -0.2) is 6.29 Å². The molecule has 0 saturated heterocycles. The average molecular weight is 233 g/mol. The lowest BCUT2D eigenvalue weighted by Crippen LogP contribution is -2.07. The van der Waals surface area contributed by atoms with Gasteiger partial charge in [0.1, 0.15) is 0 Å². The maximum absolute atomic E-state index is 12.4. The lowest BCUT2D eigenvalue weighted by molar-refractivity contribution is -0.137. The normalized spacial score (nSPS) is 10.4. The van der Waals surface area contributed by atoms with Crippen molar-refractivity contribution in [2.24, 2.45) is 0 Å². The number of carbonyl (C=O) groups excluding carboxylic acids is 1. The SMILES string of the molecule is O=CC#Cc1cc(Cl)ccc1C(F)(F)F. The maximum atomic E-state index is 12.4. The summed E-state index contributed by atoms with van der Waals surface area (Å²) in [6.45, 7) is 0. The largest absolute Gasteiger partial charge is 0.417 e. The molecular weight excluding hydrogens is 229 g/mol. The second-order valence-electron chi connectivity index (χ2n) is 2.57. The average Bonchev–Trinajstić information content (AvgIpc) is 2.12. The van der Waals surface area contributed by atoms with Gasteiger partial charge in [-0.2, -0.15) is 13.2 Å². The van der Waals surface area contributed by atoms with Crippen LogP contribution < -0.4 is 0 Å². The molecule has 0 bridgehead atoms. The first-order valence-corrected chi connectivity index (χ1v) is 4.15. The number of halogens is 4. The van der Waals surface area contributed by atoms with Gasteiger partial charge in [0.25, 0.3) is 0 Å². The third-order valence-corrected chi connectivity index (χ3v) is 1.79. The summed E-state index contributed by atoms with van der Waals surface area (Å²) in [6, 6.07) is 3.02. The van der Waals surface area contributed by atoms with Crippen LogP contribution in [0.2, 0.25) is 5.02 Å². The minimum atomic E-state index is -4.50. The molecule has 15 heavy (non-hydrogen) atoms. The lowest BCUT2D eigenvalue weighted by Gasteiger charge is -2.08. The molecule has 1 nitrogen and oxygen atoms in total. The molecule has 5 heteroatoms. The van der Waals surface area contributed by atoms with Crippen LogP contribution in [0.5, 0.6) is 0 Å². The monoisotopic (exact) mass is 232 g/mol. The molecule has 0 heterocycles. The second-order valence-corrected chi connectivity index (χ2v) is 3.01. The third-order valence-electron chi connectivity index (χ3n) is 1.55. The van der Waals surface area contributed by atoms with Gasteiger partial charge >= 0.3 is 6.18 Å². The molecular formula is C10H4ClF3O. The van der Waals surface area contributed by atoms with Crippen LogP contribution in [-0.2, 0) is 11.0 Å². The molecule has 0 spiro atoms. The van der Waals surface area contributed by atoms with E-state index < -0.39 is 11.7 Å². The number of hydrogen-bond acceptors (Lipinski definition) is 1. The molecule has 1 aromatic rings. The Morgan fingerprint density at radius 3 is 2.53 bits per heavy atom. The first-order chi connectivity index (χ1) is 6.95. The highest BCUT2D eigenvalue weighted by atomic mass is 35.5. The topological polar surface area (TPSA) is 17.1 Å². The molecule has 0 aliphatic rings. The number of rotatable bonds is 0. The summed E-state index contributed by atoms with van der Waals surface area (Å²) in [6.07, 6.45) is -4.28. The highest BCUT2D eigenvalue weighted by molar-refractivity contribution is 6.30. The standard InChI is InChI=1S/C10H4ClF3O/c11-8-3-4-9(10(12,13)14)7(6-8)2-1-5-15/h3-6H. The van der Waals surface area contributed by atoms with Gasteiger partial charge in [-0.3, -0.25) is 4.79 Å². The molecule has 0 atom stereocenters. The van der Waals surface area contributed by atoms with Crippen LogP contribution in [0.3, 0.4) is 0 Å². The minimum Gasteiger partial charge on any atom is -0.289 e. The quantitative estimate of drug-likeness (QED) is 0.497. The van der Waals surface area contributed by atoms with Crippen molar-refractivity contribution in [2.45, 2.75) is 6.18 Å². The molecule has 0 aliphatic heterocycles. The van der Waals surface area contributed by atoms with Crippen molar-refractivity contribution < 1.29 is 18.0 Å².